The molecule has 0 radical (unpaired) electrons. The second-order valence-corrected chi connectivity index (χ2v) is 4.44. The zero-order valence-electron chi connectivity index (χ0n) is 10.8. The molecule has 0 aliphatic rings. The Balaban J connectivity index is 1.98. The number of nitrogens with zero attached hydrogens (tertiary/aromatic N) is 1. The minimum Gasteiger partial charge on any atom is -0.441 e. The number of ketones is 2. The summed E-state index contributed by atoms with van der Waals surface area (Å²) in [5.74, 6) is -0.539. The van der Waals surface area contributed by atoms with E-state index in [1.165, 1.54) is 0 Å². The van der Waals surface area contributed by atoms with Crippen molar-refractivity contribution in [2.24, 2.45) is 0 Å². The zero-order chi connectivity index (χ0) is 14.1. The molecule has 0 aliphatic heterocycles. The Labute approximate surface area is 115 Å². The van der Waals surface area contributed by atoms with Crippen LogP contribution in [0, 0.1) is 6.92 Å². The fourth-order valence-corrected chi connectivity index (χ4v) is 2.04. The van der Waals surface area contributed by atoms with E-state index in [0.717, 1.165) is 0 Å². The molecule has 4 heteroatoms. The fraction of sp³-hybridized carbons (Fsp3) is 0.0625. The topological polar surface area (TPSA) is 60.2 Å². The summed E-state index contributed by atoms with van der Waals surface area (Å²) in [7, 11) is 0. The highest BCUT2D eigenvalue weighted by Crippen LogP contribution is 2.18. The van der Waals surface area contributed by atoms with Gasteiger partial charge in [0.25, 0.3) is 0 Å². The second-order valence-electron chi connectivity index (χ2n) is 4.44. The number of fused-ring (bicyclic) bond motifs is 1. The smallest absolute Gasteiger partial charge is 0.233 e. The monoisotopic (exact) mass is 265 g/mol. The predicted molar refractivity (Wildman–Crippen MR) is 73.8 cm³/mol. The van der Waals surface area contributed by atoms with Gasteiger partial charge in [0.1, 0.15) is 5.52 Å². The van der Waals surface area contributed by atoms with E-state index in [1.807, 2.05) is 0 Å². The lowest BCUT2D eigenvalue weighted by Gasteiger charge is -2.00. The van der Waals surface area contributed by atoms with Crippen LogP contribution in [0.3, 0.4) is 0 Å². The van der Waals surface area contributed by atoms with Crippen LogP contribution >= 0.6 is 0 Å². The summed E-state index contributed by atoms with van der Waals surface area (Å²) in [6.45, 7) is 1.73. The molecule has 0 saturated heterocycles. The fourth-order valence-electron chi connectivity index (χ4n) is 2.04. The highest BCUT2D eigenvalue weighted by molar-refractivity contribution is 6.49. The average molecular weight is 265 g/mol. The third-order valence-corrected chi connectivity index (χ3v) is 3.00. The Kier molecular flexibility index (Phi) is 2.91. The molecule has 2 aromatic carbocycles. The lowest BCUT2D eigenvalue weighted by Crippen LogP contribution is -2.14. The van der Waals surface area contributed by atoms with Gasteiger partial charge in [-0.15, -0.1) is 0 Å². The van der Waals surface area contributed by atoms with Crippen LogP contribution < -0.4 is 0 Å². The summed E-state index contributed by atoms with van der Waals surface area (Å²) < 4.78 is 5.34. The normalized spacial score (nSPS) is 10.7. The van der Waals surface area contributed by atoms with Gasteiger partial charge in [0.05, 0.1) is 0 Å². The molecule has 0 bridgehead atoms. The molecule has 1 aromatic heterocycles. The third-order valence-electron chi connectivity index (χ3n) is 3.00. The lowest BCUT2D eigenvalue weighted by atomic mass is 10.0. The van der Waals surface area contributed by atoms with Gasteiger partial charge in [0.15, 0.2) is 11.5 Å². The number of benzene rings is 2. The molecular formula is C16H11NO3. The second kappa shape index (κ2) is 4.74. The maximum atomic E-state index is 12.2. The molecule has 20 heavy (non-hydrogen) atoms. The summed E-state index contributed by atoms with van der Waals surface area (Å²) in [5.41, 5.74) is 1.88. The third kappa shape index (κ3) is 2.12. The van der Waals surface area contributed by atoms with Crippen molar-refractivity contribution in [1.29, 1.82) is 0 Å². The first-order valence-electron chi connectivity index (χ1n) is 6.16. The number of hydrogen-bond acceptors (Lipinski definition) is 4. The summed E-state index contributed by atoms with van der Waals surface area (Å²) >= 11 is 0. The van der Waals surface area contributed by atoms with E-state index in [-0.39, 0.29) is 0 Å². The molecule has 3 rings (SSSR count). The van der Waals surface area contributed by atoms with Crippen molar-refractivity contribution in [2.45, 2.75) is 6.92 Å². The maximum Gasteiger partial charge on any atom is 0.233 e. The van der Waals surface area contributed by atoms with E-state index in [9.17, 15) is 9.59 Å². The average Bonchev–Trinajstić information content (AvgIpc) is 2.85. The first-order valence-corrected chi connectivity index (χ1v) is 6.16. The molecule has 0 unspecified atom stereocenters. The molecule has 0 spiro atoms. The Morgan fingerprint density at radius 2 is 1.65 bits per heavy atom. The molecular weight excluding hydrogens is 254 g/mol. The summed E-state index contributed by atoms with van der Waals surface area (Å²) in [6, 6.07) is 13.3. The van der Waals surface area contributed by atoms with Crippen molar-refractivity contribution >= 4 is 22.7 Å². The lowest BCUT2D eigenvalue weighted by molar-refractivity contribution is 0.0817. The van der Waals surface area contributed by atoms with Gasteiger partial charge in [0, 0.05) is 18.1 Å². The highest BCUT2D eigenvalue weighted by atomic mass is 16.3. The minimum atomic E-state index is -0.543. The molecule has 0 atom stereocenters. The summed E-state index contributed by atoms with van der Waals surface area (Å²) in [6.07, 6.45) is 0. The van der Waals surface area contributed by atoms with Crippen molar-refractivity contribution < 1.29 is 14.0 Å². The Bertz CT molecular complexity index is 803. The van der Waals surface area contributed by atoms with Gasteiger partial charge in [0.2, 0.25) is 11.6 Å². The van der Waals surface area contributed by atoms with Crippen LogP contribution in [0.5, 0.6) is 0 Å². The van der Waals surface area contributed by atoms with Crippen molar-refractivity contribution in [3.63, 3.8) is 0 Å². The van der Waals surface area contributed by atoms with Gasteiger partial charge in [-0.3, -0.25) is 9.59 Å². The van der Waals surface area contributed by atoms with Crippen molar-refractivity contribution in [3.8, 4) is 0 Å². The standard InChI is InChI=1S/C16H11NO3/c1-10-17-13-9-12(7-8-14(13)20-10)16(19)15(18)11-5-3-2-4-6-11/h2-9H,1H3. The summed E-state index contributed by atoms with van der Waals surface area (Å²) in [5, 5.41) is 0. The summed E-state index contributed by atoms with van der Waals surface area (Å²) in [4.78, 5) is 28.4. The van der Waals surface area contributed by atoms with Crippen molar-refractivity contribution in [2.75, 3.05) is 0 Å². The number of hydrogen-bond donors (Lipinski definition) is 0. The van der Waals surface area contributed by atoms with E-state index in [1.54, 1.807) is 55.5 Å². The van der Waals surface area contributed by atoms with E-state index < -0.39 is 11.6 Å². The number of rotatable bonds is 3. The van der Waals surface area contributed by atoms with E-state index in [4.69, 9.17) is 4.42 Å². The number of oxazole rings is 1. The van der Waals surface area contributed by atoms with Gasteiger partial charge in [-0.1, -0.05) is 30.3 Å². The van der Waals surface area contributed by atoms with Crippen LogP contribution in [0.25, 0.3) is 11.1 Å². The molecule has 4 nitrogen and oxygen atoms in total. The minimum absolute atomic E-state index is 0.319. The first kappa shape index (κ1) is 12.3. The molecule has 0 aliphatic carbocycles. The van der Waals surface area contributed by atoms with Crippen LogP contribution in [0.4, 0.5) is 0 Å². The molecule has 98 valence electrons. The quantitative estimate of drug-likeness (QED) is 0.539. The number of carbonyl (C=O) groups is 2. The zero-order valence-corrected chi connectivity index (χ0v) is 10.8. The molecule has 1 heterocycles. The van der Waals surface area contributed by atoms with Crippen molar-refractivity contribution in [3.05, 3.63) is 65.5 Å². The Morgan fingerprint density at radius 3 is 2.40 bits per heavy atom. The van der Waals surface area contributed by atoms with Gasteiger partial charge >= 0.3 is 0 Å². The predicted octanol–water partition coefficient (Wildman–Crippen LogP) is 3.20. The van der Waals surface area contributed by atoms with Gasteiger partial charge < -0.3 is 4.42 Å². The van der Waals surface area contributed by atoms with E-state index in [2.05, 4.69) is 4.98 Å². The Hall–Kier alpha value is -2.75. The maximum absolute atomic E-state index is 12.2. The van der Waals surface area contributed by atoms with Gasteiger partial charge in [-0.25, -0.2) is 4.98 Å². The largest absolute Gasteiger partial charge is 0.441 e. The van der Waals surface area contributed by atoms with Crippen LogP contribution in [-0.4, -0.2) is 16.6 Å². The molecule has 0 amide bonds. The van der Waals surface area contributed by atoms with Crippen LogP contribution in [-0.2, 0) is 0 Å². The molecule has 3 aromatic rings. The van der Waals surface area contributed by atoms with E-state index >= 15 is 0 Å². The molecule has 0 N–H and O–H groups in total. The number of aryl methyl sites for hydroxylation is 1. The first-order chi connectivity index (χ1) is 9.65. The Morgan fingerprint density at radius 1 is 0.950 bits per heavy atom. The van der Waals surface area contributed by atoms with Crippen LogP contribution in [0.15, 0.2) is 52.9 Å². The number of aromatic nitrogens is 1. The van der Waals surface area contributed by atoms with Crippen molar-refractivity contribution in [1.82, 2.24) is 4.98 Å². The number of Topliss-reactive ketones (excluding diaryl/α,β-unsaturated/α-hetero) is 2. The molecule has 0 fully saturated rings. The van der Waals surface area contributed by atoms with Gasteiger partial charge in [-0.2, -0.15) is 0 Å². The molecule has 0 saturated carbocycles. The SMILES string of the molecule is Cc1nc2cc(C(=O)C(=O)c3ccccc3)ccc2o1. The van der Waals surface area contributed by atoms with Crippen LogP contribution in [0.2, 0.25) is 0 Å². The van der Waals surface area contributed by atoms with E-state index in [0.29, 0.717) is 28.1 Å². The van der Waals surface area contributed by atoms with Crippen LogP contribution in [0.1, 0.15) is 26.6 Å². The van der Waals surface area contributed by atoms with Gasteiger partial charge in [-0.05, 0) is 18.2 Å². The highest BCUT2D eigenvalue weighted by Gasteiger charge is 2.19. The number of carbonyl (C=O) groups excluding carboxylic acids is 2.